The van der Waals surface area contributed by atoms with Gasteiger partial charge in [-0.3, -0.25) is 4.79 Å². The number of carboxylic acid groups (broad SMARTS) is 1. The van der Waals surface area contributed by atoms with Crippen molar-refractivity contribution in [1.29, 1.82) is 0 Å². The SMILES string of the molecule is O=C(O)c1cc2cc[nH]c(=O)c2c2cc(-c3ccc(N4CCOCC4)nc3)ccc12. The molecule has 0 radical (unpaired) electrons. The van der Waals surface area contributed by atoms with Gasteiger partial charge in [0.05, 0.1) is 24.2 Å². The zero-order valence-corrected chi connectivity index (χ0v) is 16.1. The standard InChI is InChI=1S/C23H19N3O4/c27-22-21-15(5-6-24-22)12-19(23(28)29)17-3-1-14(11-18(17)21)16-2-4-20(25-13-16)26-7-9-30-10-8-26/h1-6,11-13H,7-10H2,(H,24,27)(H,28,29). The number of rotatable bonds is 3. The molecule has 1 fully saturated rings. The fraction of sp³-hybridized carbons (Fsp3) is 0.174. The van der Waals surface area contributed by atoms with Crippen molar-refractivity contribution in [3.05, 3.63) is 70.8 Å². The highest BCUT2D eigenvalue weighted by Crippen LogP contribution is 2.31. The molecule has 2 N–H and O–H groups in total. The van der Waals surface area contributed by atoms with Crippen molar-refractivity contribution in [3.63, 3.8) is 0 Å². The number of nitrogens with zero attached hydrogens (tertiary/aromatic N) is 2. The highest BCUT2D eigenvalue weighted by Gasteiger charge is 2.16. The van der Waals surface area contributed by atoms with Crippen molar-refractivity contribution in [2.45, 2.75) is 0 Å². The number of carbonyl (C=O) groups is 1. The Morgan fingerprint density at radius 2 is 1.83 bits per heavy atom. The third-order valence-electron chi connectivity index (χ3n) is 5.52. The number of hydrogen-bond donors (Lipinski definition) is 2. The molecule has 2 aromatic heterocycles. The van der Waals surface area contributed by atoms with Crippen molar-refractivity contribution >= 4 is 33.3 Å². The van der Waals surface area contributed by atoms with E-state index in [9.17, 15) is 14.7 Å². The zero-order chi connectivity index (χ0) is 20.7. The lowest BCUT2D eigenvalue weighted by Crippen LogP contribution is -2.36. The molecular formula is C23H19N3O4. The molecule has 0 spiro atoms. The number of H-pyrrole nitrogens is 1. The van der Waals surface area contributed by atoms with Gasteiger partial charge in [0.15, 0.2) is 0 Å². The second kappa shape index (κ2) is 7.27. The molecule has 0 amide bonds. The molecule has 1 aliphatic heterocycles. The molecule has 1 saturated heterocycles. The van der Waals surface area contributed by atoms with Gasteiger partial charge in [0.2, 0.25) is 0 Å². The summed E-state index contributed by atoms with van der Waals surface area (Å²) >= 11 is 0. The number of carboxylic acids is 1. The number of anilines is 1. The third kappa shape index (κ3) is 3.09. The highest BCUT2D eigenvalue weighted by molar-refractivity contribution is 6.16. The Labute approximate surface area is 171 Å². The van der Waals surface area contributed by atoms with Crippen LogP contribution in [0.4, 0.5) is 5.82 Å². The van der Waals surface area contributed by atoms with Crippen LogP contribution in [-0.2, 0) is 4.74 Å². The molecule has 0 unspecified atom stereocenters. The molecule has 150 valence electrons. The number of aromatic carboxylic acids is 1. The summed E-state index contributed by atoms with van der Waals surface area (Å²) in [5.74, 6) is -0.121. The van der Waals surface area contributed by atoms with Crippen molar-refractivity contribution in [1.82, 2.24) is 9.97 Å². The number of ether oxygens (including phenoxy) is 1. The minimum Gasteiger partial charge on any atom is -0.478 e. The molecule has 0 saturated carbocycles. The first kappa shape index (κ1) is 18.3. The van der Waals surface area contributed by atoms with E-state index in [1.54, 1.807) is 24.4 Å². The summed E-state index contributed by atoms with van der Waals surface area (Å²) in [5.41, 5.74) is 1.70. The van der Waals surface area contributed by atoms with Crippen LogP contribution < -0.4 is 10.5 Å². The van der Waals surface area contributed by atoms with Crippen molar-refractivity contribution in [2.75, 3.05) is 31.2 Å². The largest absolute Gasteiger partial charge is 0.478 e. The number of morpholine rings is 1. The number of aromatic nitrogens is 2. The van der Waals surface area contributed by atoms with Gasteiger partial charge in [0.25, 0.3) is 5.56 Å². The van der Waals surface area contributed by atoms with E-state index in [2.05, 4.69) is 14.9 Å². The first-order chi connectivity index (χ1) is 14.6. The molecule has 30 heavy (non-hydrogen) atoms. The molecule has 4 aromatic rings. The Hall–Kier alpha value is -3.71. The number of hydrogen-bond acceptors (Lipinski definition) is 5. The maximum absolute atomic E-state index is 12.5. The quantitative estimate of drug-likeness (QED) is 0.512. The fourth-order valence-corrected chi connectivity index (χ4v) is 4.00. The lowest BCUT2D eigenvalue weighted by atomic mass is 9.95. The predicted molar refractivity (Wildman–Crippen MR) is 115 cm³/mol. The summed E-state index contributed by atoms with van der Waals surface area (Å²) in [5, 5.41) is 11.9. The Balaban J connectivity index is 1.65. The Morgan fingerprint density at radius 3 is 2.57 bits per heavy atom. The minimum absolute atomic E-state index is 0.176. The van der Waals surface area contributed by atoms with E-state index in [1.165, 1.54) is 6.20 Å². The highest BCUT2D eigenvalue weighted by atomic mass is 16.5. The van der Waals surface area contributed by atoms with E-state index in [-0.39, 0.29) is 11.1 Å². The first-order valence-corrected chi connectivity index (χ1v) is 9.72. The zero-order valence-electron chi connectivity index (χ0n) is 16.1. The smallest absolute Gasteiger partial charge is 0.336 e. The van der Waals surface area contributed by atoms with Crippen LogP contribution in [0.15, 0.2) is 59.7 Å². The Morgan fingerprint density at radius 1 is 1.03 bits per heavy atom. The van der Waals surface area contributed by atoms with E-state index < -0.39 is 5.97 Å². The number of pyridine rings is 2. The summed E-state index contributed by atoms with van der Waals surface area (Å²) in [6.45, 7) is 3.02. The number of fused-ring (bicyclic) bond motifs is 3. The Bertz CT molecular complexity index is 1320. The van der Waals surface area contributed by atoms with Crippen LogP contribution in [0.2, 0.25) is 0 Å². The van der Waals surface area contributed by atoms with Crippen molar-refractivity contribution in [2.24, 2.45) is 0 Å². The predicted octanol–water partition coefficient (Wildman–Crippen LogP) is 3.28. The van der Waals surface area contributed by atoms with Gasteiger partial charge >= 0.3 is 5.97 Å². The van der Waals surface area contributed by atoms with Crippen molar-refractivity contribution in [3.8, 4) is 11.1 Å². The molecule has 5 rings (SSSR count). The van der Waals surface area contributed by atoms with Gasteiger partial charge in [-0.15, -0.1) is 0 Å². The average Bonchev–Trinajstić information content (AvgIpc) is 2.79. The number of nitrogens with one attached hydrogen (secondary N) is 1. The molecule has 0 atom stereocenters. The molecule has 0 aliphatic carbocycles. The fourth-order valence-electron chi connectivity index (χ4n) is 4.00. The lowest BCUT2D eigenvalue weighted by molar-refractivity contribution is 0.0699. The summed E-state index contributed by atoms with van der Waals surface area (Å²) < 4.78 is 5.39. The summed E-state index contributed by atoms with van der Waals surface area (Å²) in [7, 11) is 0. The van der Waals surface area contributed by atoms with Gasteiger partial charge in [-0.25, -0.2) is 9.78 Å². The van der Waals surface area contributed by atoms with E-state index in [4.69, 9.17) is 4.74 Å². The van der Waals surface area contributed by atoms with Gasteiger partial charge in [-0.2, -0.15) is 0 Å². The average molecular weight is 401 g/mol. The minimum atomic E-state index is -1.02. The van der Waals surface area contributed by atoms with Crippen LogP contribution in [-0.4, -0.2) is 47.3 Å². The van der Waals surface area contributed by atoms with E-state index >= 15 is 0 Å². The topological polar surface area (TPSA) is 95.5 Å². The van der Waals surface area contributed by atoms with Crippen LogP contribution in [0.3, 0.4) is 0 Å². The van der Waals surface area contributed by atoms with Gasteiger partial charge in [-0.1, -0.05) is 12.1 Å². The van der Waals surface area contributed by atoms with Crippen LogP contribution in [0.1, 0.15) is 10.4 Å². The molecule has 7 nitrogen and oxygen atoms in total. The van der Waals surface area contributed by atoms with Gasteiger partial charge < -0.3 is 19.7 Å². The summed E-state index contributed by atoms with van der Waals surface area (Å²) in [4.78, 5) is 33.7. The Kier molecular flexibility index (Phi) is 4.44. The lowest BCUT2D eigenvalue weighted by Gasteiger charge is -2.27. The van der Waals surface area contributed by atoms with Gasteiger partial charge in [-0.05, 0) is 52.1 Å². The maximum atomic E-state index is 12.5. The molecule has 3 heterocycles. The maximum Gasteiger partial charge on any atom is 0.336 e. The van der Waals surface area contributed by atoms with Gasteiger partial charge in [0.1, 0.15) is 5.82 Å². The second-order valence-corrected chi connectivity index (χ2v) is 7.27. The second-order valence-electron chi connectivity index (χ2n) is 7.27. The summed E-state index contributed by atoms with van der Waals surface area (Å²) in [6.07, 6.45) is 3.33. The molecule has 2 aromatic carbocycles. The van der Waals surface area contributed by atoms with E-state index in [0.29, 0.717) is 34.8 Å². The monoisotopic (exact) mass is 401 g/mol. The summed E-state index contributed by atoms with van der Waals surface area (Å²) in [6, 6.07) is 12.7. The van der Waals surface area contributed by atoms with Crippen LogP contribution in [0.5, 0.6) is 0 Å². The van der Waals surface area contributed by atoms with Crippen LogP contribution in [0.25, 0.3) is 32.7 Å². The molecule has 7 heteroatoms. The molecule has 1 aliphatic rings. The van der Waals surface area contributed by atoms with Gasteiger partial charge in [0, 0.05) is 31.0 Å². The van der Waals surface area contributed by atoms with Crippen molar-refractivity contribution < 1.29 is 14.6 Å². The van der Waals surface area contributed by atoms with E-state index in [1.807, 2.05) is 24.3 Å². The first-order valence-electron chi connectivity index (χ1n) is 9.72. The number of aromatic amines is 1. The third-order valence-corrected chi connectivity index (χ3v) is 5.52. The number of benzene rings is 2. The van der Waals surface area contributed by atoms with Crippen LogP contribution >= 0.6 is 0 Å². The van der Waals surface area contributed by atoms with E-state index in [0.717, 1.165) is 30.0 Å². The normalized spacial score (nSPS) is 14.3. The molecular weight excluding hydrogens is 382 g/mol. The molecule has 0 bridgehead atoms. The van der Waals surface area contributed by atoms with Crippen LogP contribution in [0, 0.1) is 0 Å².